The number of hydrogen-bond donors (Lipinski definition) is 1. The normalized spacial score (nSPS) is 17.0. The Kier molecular flexibility index (Phi) is 4.90. The van der Waals surface area contributed by atoms with Crippen molar-refractivity contribution in [2.24, 2.45) is 5.41 Å². The lowest BCUT2D eigenvalue weighted by atomic mass is 9.91. The summed E-state index contributed by atoms with van der Waals surface area (Å²) < 4.78 is 93.8. The number of nitrogens with zero attached hydrogens (tertiary/aromatic N) is 3. The van der Waals surface area contributed by atoms with Crippen LogP contribution in [0.2, 0.25) is 0 Å². The molecule has 1 atom stereocenters. The van der Waals surface area contributed by atoms with E-state index in [9.17, 15) is 35.5 Å². The van der Waals surface area contributed by atoms with Crippen molar-refractivity contribution in [1.82, 2.24) is 19.7 Å². The molecule has 0 bridgehead atoms. The summed E-state index contributed by atoms with van der Waals surface area (Å²) in [7, 11) is 0. The van der Waals surface area contributed by atoms with Gasteiger partial charge in [0.1, 0.15) is 17.0 Å². The second-order valence-corrected chi connectivity index (χ2v) is 8.33. The third-order valence-corrected chi connectivity index (χ3v) is 5.68. The fourth-order valence-corrected chi connectivity index (χ4v) is 3.96. The van der Waals surface area contributed by atoms with Crippen LogP contribution in [0.15, 0.2) is 23.0 Å². The van der Waals surface area contributed by atoms with Gasteiger partial charge in [0.05, 0.1) is 23.7 Å². The van der Waals surface area contributed by atoms with Crippen LogP contribution in [0.3, 0.4) is 0 Å². The van der Waals surface area contributed by atoms with Gasteiger partial charge in [-0.1, -0.05) is 13.0 Å². The Morgan fingerprint density at radius 1 is 1.19 bits per heavy atom. The van der Waals surface area contributed by atoms with Crippen molar-refractivity contribution in [3.63, 3.8) is 0 Å². The van der Waals surface area contributed by atoms with Crippen LogP contribution >= 0.6 is 0 Å². The van der Waals surface area contributed by atoms with Gasteiger partial charge in [-0.3, -0.25) is 4.79 Å². The summed E-state index contributed by atoms with van der Waals surface area (Å²) in [5.41, 5.74) is -3.46. The van der Waals surface area contributed by atoms with Gasteiger partial charge in [0.15, 0.2) is 5.65 Å². The van der Waals surface area contributed by atoms with E-state index in [1.807, 2.05) is 0 Å². The van der Waals surface area contributed by atoms with E-state index >= 15 is 0 Å². The molecule has 0 amide bonds. The van der Waals surface area contributed by atoms with Crippen molar-refractivity contribution in [3.05, 3.63) is 57.0 Å². The molecule has 32 heavy (non-hydrogen) atoms. The first-order valence-corrected chi connectivity index (χ1v) is 9.61. The Labute approximate surface area is 176 Å². The molecule has 5 nitrogen and oxygen atoms in total. The highest BCUT2D eigenvalue weighted by Crippen LogP contribution is 2.56. The summed E-state index contributed by atoms with van der Waals surface area (Å²) in [6.45, 7) is 3.21. The van der Waals surface area contributed by atoms with Crippen LogP contribution in [-0.4, -0.2) is 25.9 Å². The number of benzene rings is 1. The second-order valence-electron chi connectivity index (χ2n) is 8.33. The first kappa shape index (κ1) is 22.3. The van der Waals surface area contributed by atoms with Crippen molar-refractivity contribution >= 4 is 11.0 Å². The predicted molar refractivity (Wildman–Crippen MR) is 99.5 cm³/mol. The molecular formula is C20H17F7N4O. The maximum absolute atomic E-state index is 14.3. The molecule has 2 aromatic heterocycles. The molecule has 0 radical (unpaired) electrons. The minimum absolute atomic E-state index is 0.0955. The smallest absolute Gasteiger partial charge is 0.310 e. The number of alkyl halides is 6. The fourth-order valence-electron chi connectivity index (χ4n) is 3.96. The largest absolute Gasteiger partial charge is 0.419 e. The molecule has 172 valence electrons. The average Bonchev–Trinajstić information content (AvgIpc) is 3.26. The molecule has 2 heterocycles. The van der Waals surface area contributed by atoms with Crippen LogP contribution in [0.25, 0.3) is 11.0 Å². The summed E-state index contributed by atoms with van der Waals surface area (Å²) in [5.74, 6) is -1.38. The van der Waals surface area contributed by atoms with Gasteiger partial charge in [-0.15, -0.1) is 0 Å². The number of halogens is 7. The van der Waals surface area contributed by atoms with Crippen molar-refractivity contribution < 1.29 is 30.7 Å². The molecule has 12 heteroatoms. The van der Waals surface area contributed by atoms with E-state index < -0.39 is 52.9 Å². The number of nitrogens with one attached hydrogen (secondary N) is 1. The zero-order valence-corrected chi connectivity index (χ0v) is 16.8. The van der Waals surface area contributed by atoms with E-state index in [4.69, 9.17) is 0 Å². The SMILES string of the molecule is Cc1nc2c(c(CC(F)(F)F)nn2C(c2ccc(C(F)(F)F)c(F)c2)C2(C)CC2)c(=O)[nH]1. The molecule has 0 saturated heterocycles. The molecule has 0 aliphatic heterocycles. The van der Waals surface area contributed by atoms with E-state index in [1.54, 1.807) is 6.92 Å². The van der Waals surface area contributed by atoms with Gasteiger partial charge in [0.2, 0.25) is 0 Å². The Bertz CT molecular complexity index is 1250. The average molecular weight is 462 g/mol. The summed E-state index contributed by atoms with van der Waals surface area (Å²) in [6.07, 6.45) is -9.89. The van der Waals surface area contributed by atoms with Crippen LogP contribution in [-0.2, 0) is 12.6 Å². The van der Waals surface area contributed by atoms with Crippen LogP contribution in [0.5, 0.6) is 0 Å². The van der Waals surface area contributed by atoms with Crippen molar-refractivity contribution in [3.8, 4) is 0 Å². The Hall–Kier alpha value is -2.92. The van der Waals surface area contributed by atoms with Crippen LogP contribution < -0.4 is 5.56 Å². The zero-order chi connectivity index (χ0) is 23.6. The third-order valence-electron chi connectivity index (χ3n) is 5.68. The minimum atomic E-state index is -4.90. The lowest BCUT2D eigenvalue weighted by molar-refractivity contribution is -0.140. The maximum atomic E-state index is 14.3. The van der Waals surface area contributed by atoms with E-state index in [2.05, 4.69) is 15.1 Å². The highest BCUT2D eigenvalue weighted by Gasteiger charge is 2.49. The number of aromatic amines is 1. The molecule has 0 spiro atoms. The highest BCUT2D eigenvalue weighted by atomic mass is 19.4. The Morgan fingerprint density at radius 3 is 2.38 bits per heavy atom. The molecule has 3 aromatic rings. The topological polar surface area (TPSA) is 63.6 Å². The van der Waals surface area contributed by atoms with E-state index in [0.717, 1.165) is 10.7 Å². The molecule has 1 saturated carbocycles. The van der Waals surface area contributed by atoms with E-state index in [0.29, 0.717) is 25.0 Å². The summed E-state index contributed by atoms with van der Waals surface area (Å²) in [6, 6.07) is 1.47. The van der Waals surface area contributed by atoms with Gasteiger partial charge in [-0.25, -0.2) is 14.1 Å². The van der Waals surface area contributed by atoms with Crippen LogP contribution in [0.1, 0.15) is 48.5 Å². The van der Waals surface area contributed by atoms with Crippen LogP contribution in [0, 0.1) is 18.2 Å². The summed E-state index contributed by atoms with van der Waals surface area (Å²) in [5, 5.41) is 3.68. The standard InChI is InChI=1S/C20H17F7N4O/c1-9-28-16-14(17(32)29-9)13(8-19(22,23)24)30-31(16)15(18(2)5-6-18)10-3-4-11(12(21)7-10)20(25,26)27/h3-4,7,15H,5-6,8H2,1-2H3,(H,28,29,32). The lowest BCUT2D eigenvalue weighted by Gasteiger charge is -2.25. The number of hydrogen-bond acceptors (Lipinski definition) is 3. The van der Waals surface area contributed by atoms with Gasteiger partial charge < -0.3 is 4.98 Å². The number of aryl methyl sites for hydroxylation is 1. The quantitative estimate of drug-likeness (QED) is 0.550. The van der Waals surface area contributed by atoms with Crippen molar-refractivity contribution in [2.75, 3.05) is 0 Å². The van der Waals surface area contributed by atoms with Crippen LogP contribution in [0.4, 0.5) is 30.7 Å². The van der Waals surface area contributed by atoms with E-state index in [-0.39, 0.29) is 22.4 Å². The number of aromatic nitrogens is 4. The zero-order valence-electron chi connectivity index (χ0n) is 16.8. The molecule has 1 fully saturated rings. The first-order chi connectivity index (χ1) is 14.7. The summed E-state index contributed by atoms with van der Waals surface area (Å²) >= 11 is 0. The van der Waals surface area contributed by atoms with Gasteiger partial charge in [0, 0.05) is 0 Å². The monoisotopic (exact) mass is 462 g/mol. The highest BCUT2D eigenvalue weighted by molar-refractivity contribution is 5.77. The molecule has 1 aromatic carbocycles. The predicted octanol–water partition coefficient (Wildman–Crippen LogP) is 5.08. The summed E-state index contributed by atoms with van der Waals surface area (Å²) in [4.78, 5) is 19.0. The number of H-pyrrole nitrogens is 1. The third kappa shape index (κ3) is 3.97. The molecule has 4 rings (SSSR count). The van der Waals surface area contributed by atoms with E-state index in [1.165, 1.54) is 6.92 Å². The molecule has 1 unspecified atom stereocenters. The van der Waals surface area contributed by atoms with Gasteiger partial charge >= 0.3 is 12.4 Å². The molecule has 1 aliphatic rings. The van der Waals surface area contributed by atoms with Crippen molar-refractivity contribution in [2.45, 2.75) is 51.5 Å². The minimum Gasteiger partial charge on any atom is -0.310 e. The van der Waals surface area contributed by atoms with Gasteiger partial charge in [-0.05, 0) is 42.9 Å². The maximum Gasteiger partial charge on any atom is 0.419 e. The lowest BCUT2D eigenvalue weighted by Crippen LogP contribution is -2.23. The molecular weight excluding hydrogens is 445 g/mol. The fraction of sp³-hybridized carbons (Fsp3) is 0.450. The number of rotatable bonds is 4. The van der Waals surface area contributed by atoms with Gasteiger partial charge in [-0.2, -0.15) is 31.4 Å². The first-order valence-electron chi connectivity index (χ1n) is 9.61. The Morgan fingerprint density at radius 2 is 1.84 bits per heavy atom. The Balaban J connectivity index is 1.96. The number of fused-ring (bicyclic) bond motifs is 1. The second kappa shape index (κ2) is 7.04. The molecule has 1 N–H and O–H groups in total. The van der Waals surface area contributed by atoms with Crippen molar-refractivity contribution in [1.29, 1.82) is 0 Å². The molecule has 1 aliphatic carbocycles. The van der Waals surface area contributed by atoms with Gasteiger partial charge in [0.25, 0.3) is 5.56 Å².